The number of hydrogen-bond acceptors (Lipinski definition) is 4. The third-order valence-electron chi connectivity index (χ3n) is 2.46. The first-order valence-electron chi connectivity index (χ1n) is 6.02. The Morgan fingerprint density at radius 2 is 1.60 bits per heavy atom. The fourth-order valence-electron chi connectivity index (χ4n) is 1.61. The smallest absolute Gasteiger partial charge is 0.267 e. The average molecular weight is 277 g/mol. The van der Waals surface area contributed by atoms with Crippen molar-refractivity contribution in [3.63, 3.8) is 0 Å². The molecule has 0 aromatic heterocycles. The summed E-state index contributed by atoms with van der Waals surface area (Å²) in [7, 11) is 0. The second-order valence-electron chi connectivity index (χ2n) is 5.25. The van der Waals surface area contributed by atoms with Crippen LogP contribution in [-0.4, -0.2) is 28.5 Å². The van der Waals surface area contributed by atoms with Crippen molar-refractivity contribution in [1.82, 2.24) is 15.9 Å². The summed E-state index contributed by atoms with van der Waals surface area (Å²) in [6.07, 6.45) is 0. The third-order valence-corrected chi connectivity index (χ3v) is 2.46. The number of imide groups is 1. The molecule has 0 aliphatic carbocycles. The molecule has 0 spiro atoms. The SMILES string of the molecule is CC(C)(C)ONC(=O)NN1C(=O)c2ccccc2C1=O. The van der Waals surface area contributed by atoms with Crippen LogP contribution >= 0.6 is 0 Å². The quantitative estimate of drug-likeness (QED) is 0.628. The van der Waals surface area contributed by atoms with Crippen LogP contribution < -0.4 is 10.9 Å². The molecule has 0 fully saturated rings. The number of hydrogen-bond donors (Lipinski definition) is 2. The number of carbonyl (C=O) groups excluding carboxylic acids is 3. The van der Waals surface area contributed by atoms with E-state index >= 15 is 0 Å². The van der Waals surface area contributed by atoms with E-state index in [1.807, 2.05) is 0 Å². The number of benzene rings is 1. The van der Waals surface area contributed by atoms with E-state index in [-0.39, 0.29) is 11.1 Å². The van der Waals surface area contributed by atoms with Crippen LogP contribution in [-0.2, 0) is 4.84 Å². The minimum atomic E-state index is -0.797. The van der Waals surface area contributed by atoms with Crippen molar-refractivity contribution < 1.29 is 19.2 Å². The molecule has 2 N–H and O–H groups in total. The molecule has 1 aliphatic heterocycles. The molecule has 0 radical (unpaired) electrons. The minimum Gasteiger partial charge on any atom is -0.267 e. The summed E-state index contributed by atoms with van der Waals surface area (Å²) >= 11 is 0. The Morgan fingerprint density at radius 1 is 1.10 bits per heavy atom. The number of rotatable bonds is 2. The molecule has 0 bridgehead atoms. The number of amides is 4. The van der Waals surface area contributed by atoms with E-state index < -0.39 is 23.4 Å². The molecule has 1 aromatic carbocycles. The Labute approximate surface area is 115 Å². The van der Waals surface area contributed by atoms with E-state index in [0.29, 0.717) is 5.01 Å². The van der Waals surface area contributed by atoms with E-state index in [1.54, 1.807) is 32.9 Å². The van der Waals surface area contributed by atoms with Crippen molar-refractivity contribution in [3.8, 4) is 0 Å². The molecule has 4 amide bonds. The van der Waals surface area contributed by atoms with E-state index in [2.05, 4.69) is 10.9 Å². The first-order valence-corrected chi connectivity index (χ1v) is 6.02. The predicted molar refractivity (Wildman–Crippen MR) is 69.4 cm³/mol. The molecule has 0 saturated carbocycles. The van der Waals surface area contributed by atoms with Crippen LogP contribution in [0.2, 0.25) is 0 Å². The highest BCUT2D eigenvalue weighted by Gasteiger charge is 2.36. The Kier molecular flexibility index (Phi) is 3.46. The number of urea groups is 1. The lowest BCUT2D eigenvalue weighted by atomic mass is 10.1. The number of nitrogens with one attached hydrogen (secondary N) is 2. The van der Waals surface area contributed by atoms with Gasteiger partial charge >= 0.3 is 6.03 Å². The highest BCUT2D eigenvalue weighted by Crippen LogP contribution is 2.20. The molecule has 1 aliphatic rings. The molecule has 0 saturated heterocycles. The summed E-state index contributed by atoms with van der Waals surface area (Å²) in [4.78, 5) is 40.6. The highest BCUT2D eigenvalue weighted by atomic mass is 16.7. The summed E-state index contributed by atoms with van der Waals surface area (Å²) in [6.45, 7) is 5.24. The number of hydroxylamine groups is 1. The molecule has 20 heavy (non-hydrogen) atoms. The van der Waals surface area contributed by atoms with E-state index in [4.69, 9.17) is 4.84 Å². The number of hydrazine groups is 1. The van der Waals surface area contributed by atoms with E-state index in [0.717, 1.165) is 0 Å². The summed E-state index contributed by atoms with van der Waals surface area (Å²) in [5.41, 5.74) is 4.21. The molecule has 1 heterocycles. The van der Waals surface area contributed by atoms with Gasteiger partial charge in [-0.2, -0.15) is 5.01 Å². The number of fused-ring (bicyclic) bond motifs is 1. The Bertz CT molecular complexity index is 542. The number of nitrogens with zero attached hydrogens (tertiary/aromatic N) is 1. The molecule has 106 valence electrons. The van der Waals surface area contributed by atoms with Crippen LogP contribution in [0.4, 0.5) is 4.79 Å². The normalized spacial score (nSPS) is 14.2. The first-order chi connectivity index (χ1) is 9.29. The molecular weight excluding hydrogens is 262 g/mol. The number of carbonyl (C=O) groups is 3. The minimum absolute atomic E-state index is 0.259. The predicted octanol–water partition coefficient (Wildman–Crippen LogP) is 1.23. The van der Waals surface area contributed by atoms with Gasteiger partial charge < -0.3 is 0 Å². The topological polar surface area (TPSA) is 87.7 Å². The molecule has 7 nitrogen and oxygen atoms in total. The van der Waals surface area contributed by atoms with Crippen LogP contribution in [0.25, 0.3) is 0 Å². The Balaban J connectivity index is 2.04. The van der Waals surface area contributed by atoms with Crippen LogP contribution in [0.5, 0.6) is 0 Å². The lowest BCUT2D eigenvalue weighted by Crippen LogP contribution is -2.51. The molecule has 7 heteroatoms. The van der Waals surface area contributed by atoms with Crippen LogP contribution in [0.15, 0.2) is 24.3 Å². The van der Waals surface area contributed by atoms with Crippen molar-refractivity contribution in [2.24, 2.45) is 0 Å². The largest absolute Gasteiger partial charge is 0.358 e. The molecular formula is C13H15N3O4. The Morgan fingerprint density at radius 3 is 2.05 bits per heavy atom. The van der Waals surface area contributed by atoms with Gasteiger partial charge in [0.05, 0.1) is 16.7 Å². The zero-order valence-corrected chi connectivity index (χ0v) is 11.4. The summed E-state index contributed by atoms with van der Waals surface area (Å²) in [5.74, 6) is -1.15. The lowest BCUT2D eigenvalue weighted by molar-refractivity contribution is -0.0546. The van der Waals surface area contributed by atoms with Crippen molar-refractivity contribution in [3.05, 3.63) is 35.4 Å². The standard InChI is InChI=1S/C13H15N3O4/c1-13(2,3)20-15-12(19)14-16-10(17)8-6-4-5-7-9(8)11(16)18/h4-7H,1-3H3,(H2,14,15,19). The van der Waals surface area contributed by atoms with Crippen molar-refractivity contribution in [2.75, 3.05) is 0 Å². The third kappa shape index (κ3) is 2.77. The maximum absolute atomic E-state index is 12.0. The van der Waals surface area contributed by atoms with Gasteiger partial charge in [0.2, 0.25) is 0 Å². The van der Waals surface area contributed by atoms with Gasteiger partial charge in [-0.05, 0) is 32.9 Å². The van der Waals surface area contributed by atoms with Gasteiger partial charge in [-0.1, -0.05) is 12.1 Å². The van der Waals surface area contributed by atoms with Crippen molar-refractivity contribution >= 4 is 17.8 Å². The maximum Gasteiger partial charge on any atom is 0.358 e. The second-order valence-corrected chi connectivity index (χ2v) is 5.25. The van der Waals surface area contributed by atoms with Crippen molar-refractivity contribution in [2.45, 2.75) is 26.4 Å². The van der Waals surface area contributed by atoms with Gasteiger partial charge in [0.15, 0.2) is 0 Å². The monoisotopic (exact) mass is 277 g/mol. The Hall–Kier alpha value is -2.41. The summed E-state index contributed by atoms with van der Waals surface area (Å²) < 4.78 is 0. The molecule has 1 aromatic rings. The zero-order chi connectivity index (χ0) is 14.9. The van der Waals surface area contributed by atoms with Crippen LogP contribution in [0.1, 0.15) is 41.5 Å². The second kappa shape index (κ2) is 4.93. The van der Waals surface area contributed by atoms with Gasteiger partial charge in [0.25, 0.3) is 11.8 Å². The first kappa shape index (κ1) is 14.0. The summed E-state index contributed by atoms with van der Waals surface area (Å²) in [5, 5.41) is 0.659. The van der Waals surface area contributed by atoms with Crippen molar-refractivity contribution in [1.29, 1.82) is 0 Å². The van der Waals surface area contributed by atoms with Gasteiger partial charge in [-0.15, -0.1) is 0 Å². The molecule has 0 atom stereocenters. The molecule has 0 unspecified atom stereocenters. The van der Waals surface area contributed by atoms with Gasteiger partial charge in [-0.25, -0.2) is 15.7 Å². The highest BCUT2D eigenvalue weighted by molar-refractivity contribution is 6.21. The van der Waals surface area contributed by atoms with E-state index in [9.17, 15) is 14.4 Å². The summed E-state index contributed by atoms with van der Waals surface area (Å²) in [6, 6.07) is 5.56. The van der Waals surface area contributed by atoms with E-state index in [1.165, 1.54) is 12.1 Å². The fraction of sp³-hybridized carbons (Fsp3) is 0.308. The van der Waals surface area contributed by atoms with Gasteiger partial charge in [-0.3, -0.25) is 14.4 Å². The maximum atomic E-state index is 12.0. The van der Waals surface area contributed by atoms with Gasteiger partial charge in [0, 0.05) is 0 Å². The van der Waals surface area contributed by atoms with Crippen LogP contribution in [0.3, 0.4) is 0 Å². The average Bonchev–Trinajstić information content (AvgIpc) is 2.62. The molecule has 2 rings (SSSR count). The lowest BCUT2D eigenvalue weighted by Gasteiger charge is -2.21. The fourth-order valence-corrected chi connectivity index (χ4v) is 1.61. The van der Waals surface area contributed by atoms with Crippen LogP contribution in [0, 0.1) is 0 Å². The zero-order valence-electron chi connectivity index (χ0n) is 11.4. The van der Waals surface area contributed by atoms with Gasteiger partial charge in [0.1, 0.15) is 0 Å².